The van der Waals surface area contributed by atoms with Crippen molar-refractivity contribution in [3.05, 3.63) is 59.7 Å². The Morgan fingerprint density at radius 1 is 1.07 bits per heavy atom. The predicted octanol–water partition coefficient (Wildman–Crippen LogP) is 1.13. The maximum absolute atomic E-state index is 15.6. The molecule has 2 aromatic carbocycles. The average molecular weight is 605 g/mol. The molecular weight excluding hydrogens is 567 g/mol. The first-order chi connectivity index (χ1) is 19.8. The largest absolute Gasteiger partial charge is 0.396 e. The molecule has 0 aliphatic carbocycles. The van der Waals surface area contributed by atoms with Gasteiger partial charge in [-0.05, 0) is 43.3 Å². The van der Waals surface area contributed by atoms with Crippen LogP contribution in [0.25, 0.3) is 0 Å². The van der Waals surface area contributed by atoms with Crippen molar-refractivity contribution in [2.45, 2.75) is 80.9 Å². The summed E-state index contributed by atoms with van der Waals surface area (Å²) in [5.41, 5.74) is 0.323. The number of hydrogen-bond donors (Lipinski definition) is 6. The molecular formula is C29H37FN2O9Si. The fourth-order valence-electron chi connectivity index (χ4n) is 6.78. The van der Waals surface area contributed by atoms with Gasteiger partial charge in [-0.15, -0.1) is 0 Å². The van der Waals surface area contributed by atoms with Crippen LogP contribution in [0.3, 0.4) is 0 Å². The standard InChI is InChI=1S/C29H37FN2O9Si/c1-15-25(42(2,3)30)20(11-12-33)41-29(15)18-9-4-5-10-19(18)32(28(29)39)14-16-7-6-8-17(13-16)31-26(37)24-22(35)21(34)23(36)27(38)40-24/h4-10,13,15,20-25,27,33-36,38H,11-12,14H2,1-3H3,(H,31,37)/t15-,20+,21-,22-,23+,24-,25-,27+,29+/m0/s1. The van der Waals surface area contributed by atoms with Gasteiger partial charge in [0.05, 0.1) is 18.3 Å². The molecule has 2 fully saturated rings. The third-order valence-corrected chi connectivity index (χ3v) is 11.1. The Labute approximate surface area is 243 Å². The summed E-state index contributed by atoms with van der Waals surface area (Å²) in [6.45, 7) is 4.97. The van der Waals surface area contributed by atoms with Crippen molar-refractivity contribution in [1.29, 1.82) is 0 Å². The van der Waals surface area contributed by atoms with Crippen LogP contribution in [0.15, 0.2) is 48.5 Å². The SMILES string of the molecule is C[C@H]1[C@H]([Si](C)(C)F)[C@@H](CCO)O[C@]12C(=O)N(Cc1cccc(NC(=O)[C@H]3O[C@@H](O)[C@H](O)[C@@H](O)[C@@H]3O)c1)c1ccccc12. The molecule has 42 heavy (non-hydrogen) atoms. The molecule has 1 spiro atoms. The number of anilines is 2. The van der Waals surface area contributed by atoms with Gasteiger partial charge in [0, 0.05) is 29.3 Å². The van der Waals surface area contributed by atoms with Gasteiger partial charge in [0.2, 0.25) is 8.41 Å². The number of fused-ring (bicyclic) bond motifs is 2. The molecule has 0 saturated carbocycles. The van der Waals surface area contributed by atoms with Gasteiger partial charge in [-0.3, -0.25) is 9.59 Å². The molecule has 13 heteroatoms. The maximum Gasteiger partial charge on any atom is 0.264 e. The summed E-state index contributed by atoms with van der Waals surface area (Å²) in [7, 11) is -3.30. The second-order valence-electron chi connectivity index (χ2n) is 11.8. The van der Waals surface area contributed by atoms with E-state index in [0.29, 0.717) is 22.5 Å². The van der Waals surface area contributed by atoms with E-state index in [2.05, 4.69) is 5.32 Å². The summed E-state index contributed by atoms with van der Waals surface area (Å²) in [5, 5.41) is 51.8. The smallest absolute Gasteiger partial charge is 0.264 e. The van der Waals surface area contributed by atoms with E-state index < -0.39 is 68.2 Å². The van der Waals surface area contributed by atoms with Crippen molar-refractivity contribution < 1.29 is 48.7 Å². The Bertz CT molecular complexity index is 1340. The van der Waals surface area contributed by atoms with E-state index in [4.69, 9.17) is 9.47 Å². The lowest BCUT2D eigenvalue weighted by Gasteiger charge is -2.37. The molecule has 0 radical (unpaired) electrons. The first-order valence-corrected chi connectivity index (χ1v) is 16.9. The highest BCUT2D eigenvalue weighted by molar-refractivity contribution is 6.72. The predicted molar refractivity (Wildman–Crippen MR) is 151 cm³/mol. The van der Waals surface area contributed by atoms with Crippen LogP contribution in [-0.4, -0.2) is 89.2 Å². The fraction of sp³-hybridized carbons (Fsp3) is 0.517. The molecule has 6 N–H and O–H groups in total. The van der Waals surface area contributed by atoms with Crippen LogP contribution in [-0.2, 0) is 31.2 Å². The average Bonchev–Trinajstić information content (AvgIpc) is 3.36. The Balaban J connectivity index is 1.40. The molecule has 3 heterocycles. The molecule has 2 saturated heterocycles. The minimum atomic E-state index is -3.30. The summed E-state index contributed by atoms with van der Waals surface area (Å²) in [6, 6.07) is 13.9. The quantitative estimate of drug-likeness (QED) is 0.200. The minimum absolute atomic E-state index is 0.106. The zero-order valence-corrected chi connectivity index (χ0v) is 24.6. The van der Waals surface area contributed by atoms with Gasteiger partial charge in [0.1, 0.15) is 18.3 Å². The van der Waals surface area contributed by atoms with E-state index in [-0.39, 0.29) is 25.5 Å². The zero-order chi connectivity index (χ0) is 30.6. The summed E-state index contributed by atoms with van der Waals surface area (Å²) >= 11 is 0. The monoisotopic (exact) mass is 604 g/mol. The molecule has 3 aliphatic rings. The summed E-state index contributed by atoms with van der Waals surface area (Å²) in [4.78, 5) is 28.7. The summed E-state index contributed by atoms with van der Waals surface area (Å²) < 4.78 is 27.1. The molecule has 228 valence electrons. The number of aliphatic hydroxyl groups excluding tert-OH is 5. The van der Waals surface area contributed by atoms with Crippen molar-refractivity contribution in [3.8, 4) is 0 Å². The van der Waals surface area contributed by atoms with E-state index in [1.54, 1.807) is 48.3 Å². The molecule has 11 nitrogen and oxygen atoms in total. The maximum atomic E-state index is 15.6. The van der Waals surface area contributed by atoms with Crippen molar-refractivity contribution >= 4 is 31.6 Å². The number of hydrogen-bond acceptors (Lipinski definition) is 9. The molecule has 0 aromatic heterocycles. The van der Waals surface area contributed by atoms with Gasteiger partial charge in [-0.2, -0.15) is 0 Å². The van der Waals surface area contributed by atoms with Crippen LogP contribution in [0, 0.1) is 5.92 Å². The summed E-state index contributed by atoms with van der Waals surface area (Å²) in [6.07, 6.45) is -9.21. The molecule has 5 rings (SSSR count). The van der Waals surface area contributed by atoms with E-state index in [9.17, 15) is 35.1 Å². The molecule has 0 unspecified atom stereocenters. The van der Waals surface area contributed by atoms with Gasteiger partial charge in [-0.1, -0.05) is 37.3 Å². The van der Waals surface area contributed by atoms with Gasteiger partial charge in [0.15, 0.2) is 18.0 Å². The molecule has 2 amide bonds. The van der Waals surface area contributed by atoms with Crippen LogP contribution < -0.4 is 10.2 Å². The molecule has 0 bridgehead atoms. The Morgan fingerprint density at radius 2 is 1.79 bits per heavy atom. The van der Waals surface area contributed by atoms with E-state index in [0.717, 1.165) is 0 Å². The highest BCUT2D eigenvalue weighted by Crippen LogP contribution is 2.60. The van der Waals surface area contributed by atoms with Gasteiger partial charge in [-0.25, -0.2) is 0 Å². The number of rotatable bonds is 7. The molecule has 2 aromatic rings. The number of aliphatic hydroxyl groups is 5. The first kappa shape index (κ1) is 30.7. The number of halogens is 1. The molecule has 9 atom stereocenters. The lowest BCUT2D eigenvalue weighted by atomic mass is 9.82. The minimum Gasteiger partial charge on any atom is -0.396 e. The number of carbonyl (C=O) groups is 2. The normalized spacial score (nSPS) is 34.6. The lowest BCUT2D eigenvalue weighted by Crippen LogP contribution is -2.60. The van der Waals surface area contributed by atoms with Crippen LogP contribution in [0.4, 0.5) is 15.5 Å². The molecule has 3 aliphatic heterocycles. The van der Waals surface area contributed by atoms with Crippen LogP contribution in [0.5, 0.6) is 0 Å². The van der Waals surface area contributed by atoms with Crippen molar-refractivity contribution in [2.75, 3.05) is 16.8 Å². The fourth-order valence-corrected chi connectivity index (χ4v) is 9.32. The number of benzene rings is 2. The Morgan fingerprint density at radius 3 is 2.48 bits per heavy atom. The Kier molecular flexibility index (Phi) is 8.33. The van der Waals surface area contributed by atoms with Crippen molar-refractivity contribution in [3.63, 3.8) is 0 Å². The van der Waals surface area contributed by atoms with E-state index in [1.807, 2.05) is 25.1 Å². The number of ether oxygens (including phenoxy) is 2. The zero-order valence-electron chi connectivity index (χ0n) is 23.6. The topological polar surface area (TPSA) is 169 Å². The number of amides is 2. The number of nitrogens with zero attached hydrogens (tertiary/aromatic N) is 1. The van der Waals surface area contributed by atoms with Crippen LogP contribution >= 0.6 is 0 Å². The van der Waals surface area contributed by atoms with Crippen molar-refractivity contribution in [1.82, 2.24) is 0 Å². The van der Waals surface area contributed by atoms with Gasteiger partial charge < -0.3 is 49.3 Å². The second-order valence-corrected chi connectivity index (χ2v) is 15.6. The number of para-hydroxylation sites is 1. The number of carbonyl (C=O) groups excluding carboxylic acids is 2. The Hall–Kier alpha value is -2.75. The van der Waals surface area contributed by atoms with Gasteiger partial charge >= 0.3 is 0 Å². The van der Waals surface area contributed by atoms with Crippen molar-refractivity contribution in [2.24, 2.45) is 5.92 Å². The highest BCUT2D eigenvalue weighted by atomic mass is 28.4. The van der Waals surface area contributed by atoms with E-state index in [1.165, 1.54) is 0 Å². The van der Waals surface area contributed by atoms with Crippen LogP contribution in [0.1, 0.15) is 24.5 Å². The second kappa shape index (κ2) is 11.4. The lowest BCUT2D eigenvalue weighted by molar-refractivity contribution is -0.274. The summed E-state index contributed by atoms with van der Waals surface area (Å²) in [5.74, 6) is -1.65. The van der Waals surface area contributed by atoms with E-state index >= 15 is 4.11 Å². The van der Waals surface area contributed by atoms with Gasteiger partial charge in [0.25, 0.3) is 11.8 Å². The first-order valence-electron chi connectivity index (χ1n) is 14.0. The third-order valence-electron chi connectivity index (χ3n) is 8.66. The number of nitrogens with one attached hydrogen (secondary N) is 1. The highest BCUT2D eigenvalue weighted by Gasteiger charge is 2.66. The van der Waals surface area contributed by atoms with Crippen LogP contribution in [0.2, 0.25) is 18.6 Å². The third kappa shape index (κ3) is 5.07.